The molecule has 0 radical (unpaired) electrons. The lowest BCUT2D eigenvalue weighted by Crippen LogP contribution is -2.57. The van der Waals surface area contributed by atoms with E-state index < -0.39 is 11.5 Å². The van der Waals surface area contributed by atoms with E-state index in [0.29, 0.717) is 38.2 Å². The van der Waals surface area contributed by atoms with Crippen LogP contribution in [0.3, 0.4) is 0 Å². The van der Waals surface area contributed by atoms with Crippen molar-refractivity contribution < 1.29 is 24.2 Å². The minimum atomic E-state index is -1.28. The second kappa shape index (κ2) is 9.04. The first kappa shape index (κ1) is 20.1. The van der Waals surface area contributed by atoms with Gasteiger partial charge in [0.05, 0.1) is 6.61 Å². The Labute approximate surface area is 160 Å². The second-order valence-electron chi connectivity index (χ2n) is 8.50. The number of hydrogen-bond donors (Lipinski definition) is 3. The van der Waals surface area contributed by atoms with Crippen LogP contribution in [0.4, 0.5) is 0 Å². The molecule has 3 aliphatic rings. The van der Waals surface area contributed by atoms with Crippen LogP contribution in [0.25, 0.3) is 0 Å². The monoisotopic (exact) mass is 380 g/mol. The summed E-state index contributed by atoms with van der Waals surface area (Å²) in [6, 6.07) is 0.133. The van der Waals surface area contributed by atoms with E-state index >= 15 is 0 Å². The van der Waals surface area contributed by atoms with Crippen LogP contribution < -0.4 is 10.6 Å². The van der Waals surface area contributed by atoms with Crippen molar-refractivity contribution in [1.82, 2.24) is 10.6 Å². The van der Waals surface area contributed by atoms with Gasteiger partial charge in [0.15, 0.2) is 5.54 Å². The molecular formula is C20H32N2O5. The highest BCUT2D eigenvalue weighted by Crippen LogP contribution is 2.28. The number of amides is 2. The quantitative estimate of drug-likeness (QED) is 0.654. The molecule has 0 aromatic heterocycles. The van der Waals surface area contributed by atoms with Gasteiger partial charge in [-0.25, -0.2) is 4.79 Å². The third-order valence-corrected chi connectivity index (χ3v) is 6.46. The van der Waals surface area contributed by atoms with E-state index in [2.05, 4.69) is 10.6 Å². The number of carbonyl (C=O) groups is 3. The normalized spacial score (nSPS) is 32.0. The molecule has 0 aromatic rings. The van der Waals surface area contributed by atoms with Crippen LogP contribution in [0.15, 0.2) is 0 Å². The summed E-state index contributed by atoms with van der Waals surface area (Å²) in [5, 5.41) is 15.3. The van der Waals surface area contributed by atoms with Gasteiger partial charge in [-0.3, -0.25) is 9.59 Å². The predicted octanol–water partition coefficient (Wildman–Crippen LogP) is 1.99. The van der Waals surface area contributed by atoms with Gasteiger partial charge in [-0.1, -0.05) is 19.3 Å². The van der Waals surface area contributed by atoms with Gasteiger partial charge in [0.1, 0.15) is 0 Å². The molecule has 152 valence electrons. The highest BCUT2D eigenvalue weighted by molar-refractivity contribution is 5.88. The zero-order chi connectivity index (χ0) is 19.3. The number of carboxylic acids is 1. The van der Waals surface area contributed by atoms with E-state index in [4.69, 9.17) is 4.74 Å². The minimum Gasteiger partial charge on any atom is -0.479 e. The van der Waals surface area contributed by atoms with Crippen molar-refractivity contribution in [2.45, 2.75) is 82.2 Å². The van der Waals surface area contributed by atoms with Crippen LogP contribution in [0, 0.1) is 11.8 Å². The summed E-state index contributed by atoms with van der Waals surface area (Å²) in [4.78, 5) is 36.3. The predicted molar refractivity (Wildman–Crippen MR) is 99.0 cm³/mol. The lowest BCUT2D eigenvalue weighted by molar-refractivity contribution is -0.148. The number of hydrogen-bond acceptors (Lipinski definition) is 4. The fourth-order valence-corrected chi connectivity index (χ4v) is 4.66. The standard InChI is InChI=1S/C20H32N2O5/c23-17(12-14-4-2-1-3-5-14)21-16-8-6-15(7-9-16)18(24)22-20(19(25)26)10-11-27-13-20/h14-16H,1-13H2,(H,21,23)(H,22,24)(H,25,26). The van der Waals surface area contributed by atoms with Crippen LogP contribution in [0.5, 0.6) is 0 Å². The first-order valence-electron chi connectivity index (χ1n) is 10.4. The SMILES string of the molecule is O=C(CC1CCCCC1)NC1CCC(C(=O)NC2(C(=O)O)CCOC2)CC1. The molecule has 3 N–H and O–H groups in total. The van der Waals surface area contributed by atoms with Gasteiger partial charge < -0.3 is 20.5 Å². The van der Waals surface area contributed by atoms with Crippen molar-refractivity contribution in [2.75, 3.05) is 13.2 Å². The summed E-state index contributed by atoms with van der Waals surface area (Å²) in [6.07, 6.45) is 9.91. The summed E-state index contributed by atoms with van der Waals surface area (Å²) in [6.45, 7) is 0.382. The zero-order valence-electron chi connectivity index (χ0n) is 16.0. The highest BCUT2D eigenvalue weighted by atomic mass is 16.5. The fraction of sp³-hybridized carbons (Fsp3) is 0.850. The van der Waals surface area contributed by atoms with Crippen LogP contribution in [-0.2, 0) is 19.1 Å². The van der Waals surface area contributed by atoms with Gasteiger partial charge in [0.2, 0.25) is 11.8 Å². The number of carboxylic acid groups (broad SMARTS) is 1. The molecule has 1 heterocycles. The molecule has 1 saturated heterocycles. The number of nitrogens with one attached hydrogen (secondary N) is 2. The first-order valence-corrected chi connectivity index (χ1v) is 10.4. The van der Waals surface area contributed by atoms with Gasteiger partial charge in [-0.05, 0) is 44.4 Å². The van der Waals surface area contributed by atoms with Crippen LogP contribution in [0.1, 0.15) is 70.6 Å². The van der Waals surface area contributed by atoms with Gasteiger partial charge in [0, 0.05) is 31.4 Å². The summed E-state index contributed by atoms with van der Waals surface area (Å²) >= 11 is 0. The molecular weight excluding hydrogens is 348 g/mol. The molecule has 1 unspecified atom stereocenters. The molecule has 0 spiro atoms. The number of ether oxygens (including phenoxy) is 1. The van der Waals surface area contributed by atoms with E-state index in [9.17, 15) is 19.5 Å². The number of aliphatic carboxylic acids is 1. The Hall–Kier alpha value is -1.63. The lowest BCUT2D eigenvalue weighted by Gasteiger charge is -2.31. The van der Waals surface area contributed by atoms with Crippen molar-refractivity contribution in [1.29, 1.82) is 0 Å². The largest absolute Gasteiger partial charge is 0.479 e. The van der Waals surface area contributed by atoms with Crippen LogP contribution in [0.2, 0.25) is 0 Å². The maximum atomic E-state index is 12.5. The van der Waals surface area contributed by atoms with Crippen LogP contribution >= 0.6 is 0 Å². The molecule has 2 amide bonds. The zero-order valence-corrected chi connectivity index (χ0v) is 16.0. The molecule has 27 heavy (non-hydrogen) atoms. The lowest BCUT2D eigenvalue weighted by atomic mass is 9.84. The molecule has 0 aromatic carbocycles. The summed E-state index contributed by atoms with van der Waals surface area (Å²) in [5.41, 5.74) is -1.28. The van der Waals surface area contributed by atoms with Crippen molar-refractivity contribution in [2.24, 2.45) is 11.8 Å². The number of rotatable bonds is 6. The Balaban J connectivity index is 1.41. The smallest absolute Gasteiger partial charge is 0.331 e. The molecule has 2 saturated carbocycles. The average Bonchev–Trinajstić information content (AvgIpc) is 3.13. The fourth-order valence-electron chi connectivity index (χ4n) is 4.66. The first-order chi connectivity index (χ1) is 13.0. The van der Waals surface area contributed by atoms with Gasteiger partial charge in [0.25, 0.3) is 0 Å². The Kier molecular flexibility index (Phi) is 6.73. The van der Waals surface area contributed by atoms with E-state index in [0.717, 1.165) is 25.7 Å². The van der Waals surface area contributed by atoms with Crippen molar-refractivity contribution >= 4 is 17.8 Å². The maximum Gasteiger partial charge on any atom is 0.331 e. The van der Waals surface area contributed by atoms with E-state index in [1.807, 2.05) is 0 Å². The molecule has 7 heteroatoms. The number of carbonyl (C=O) groups excluding carboxylic acids is 2. The topological polar surface area (TPSA) is 105 Å². The minimum absolute atomic E-state index is 0.0284. The third-order valence-electron chi connectivity index (χ3n) is 6.46. The molecule has 1 aliphatic heterocycles. The Morgan fingerprint density at radius 1 is 1.00 bits per heavy atom. The average molecular weight is 380 g/mol. The Morgan fingerprint density at radius 3 is 2.30 bits per heavy atom. The molecule has 0 bridgehead atoms. The van der Waals surface area contributed by atoms with Crippen molar-refractivity contribution in [3.8, 4) is 0 Å². The molecule has 7 nitrogen and oxygen atoms in total. The summed E-state index contributed by atoms with van der Waals surface area (Å²) in [7, 11) is 0. The van der Waals surface area contributed by atoms with Crippen LogP contribution in [-0.4, -0.2) is 47.7 Å². The highest BCUT2D eigenvalue weighted by Gasteiger charge is 2.45. The molecule has 3 rings (SSSR count). The van der Waals surface area contributed by atoms with Crippen molar-refractivity contribution in [3.05, 3.63) is 0 Å². The molecule has 3 fully saturated rings. The Morgan fingerprint density at radius 2 is 1.70 bits per heavy atom. The van der Waals surface area contributed by atoms with E-state index in [1.165, 1.54) is 19.3 Å². The van der Waals surface area contributed by atoms with Gasteiger partial charge in [-0.15, -0.1) is 0 Å². The van der Waals surface area contributed by atoms with E-state index in [-0.39, 0.29) is 30.4 Å². The Bertz CT molecular complexity index is 545. The molecule has 2 aliphatic carbocycles. The van der Waals surface area contributed by atoms with E-state index in [1.54, 1.807) is 0 Å². The third kappa shape index (κ3) is 5.21. The van der Waals surface area contributed by atoms with Gasteiger partial charge >= 0.3 is 5.97 Å². The van der Waals surface area contributed by atoms with Gasteiger partial charge in [-0.2, -0.15) is 0 Å². The second-order valence-corrected chi connectivity index (χ2v) is 8.50. The maximum absolute atomic E-state index is 12.5. The molecule has 1 atom stereocenters. The summed E-state index contributed by atoms with van der Waals surface area (Å²) in [5.74, 6) is -0.746. The van der Waals surface area contributed by atoms with Crippen molar-refractivity contribution in [3.63, 3.8) is 0 Å². The summed E-state index contributed by atoms with van der Waals surface area (Å²) < 4.78 is 5.19.